The number of anilines is 1. The number of ether oxygens (including phenoxy) is 6. The lowest BCUT2D eigenvalue weighted by atomic mass is 9.67. The van der Waals surface area contributed by atoms with Crippen LogP contribution in [0.1, 0.15) is 25.3 Å². The molecule has 8 atom stereocenters. The van der Waals surface area contributed by atoms with Gasteiger partial charge in [-0.25, -0.2) is 4.79 Å². The summed E-state index contributed by atoms with van der Waals surface area (Å²) in [5.74, 6) is -0.00641. The Morgan fingerprint density at radius 2 is 2.00 bits per heavy atom. The van der Waals surface area contributed by atoms with Gasteiger partial charge in [-0.3, -0.25) is 9.63 Å². The molecule has 40 heavy (non-hydrogen) atoms. The first-order valence-electron chi connectivity index (χ1n) is 13.0. The lowest BCUT2D eigenvalue weighted by Gasteiger charge is -2.54. The zero-order valence-electron chi connectivity index (χ0n) is 22.4. The number of fused-ring (bicyclic) bond motifs is 2. The summed E-state index contributed by atoms with van der Waals surface area (Å²) in [6, 6.07) is 4.99. The molecule has 4 saturated heterocycles. The number of alkyl halides is 3. The molecule has 0 radical (unpaired) electrons. The Morgan fingerprint density at radius 3 is 2.65 bits per heavy atom. The normalized spacial score (nSPS) is 38.2. The second-order valence-corrected chi connectivity index (χ2v) is 13.4. The number of nitrogens with zero attached hydrogens (tertiary/aromatic N) is 2. The summed E-state index contributed by atoms with van der Waals surface area (Å²) in [4.78, 5) is 35.2. The smallest absolute Gasteiger partial charge is 0.410 e. The molecular formula is C26H31Cl3N2O9. The number of hydrogen-bond donors (Lipinski definition) is 0. The van der Waals surface area contributed by atoms with Crippen LogP contribution in [0.2, 0.25) is 0 Å². The minimum Gasteiger partial charge on any atom is -0.497 e. The van der Waals surface area contributed by atoms with Crippen molar-refractivity contribution in [2.75, 3.05) is 46.2 Å². The van der Waals surface area contributed by atoms with Crippen LogP contribution < -0.4 is 9.80 Å². The van der Waals surface area contributed by atoms with E-state index in [1.54, 1.807) is 18.1 Å². The Balaban J connectivity index is 1.48. The lowest BCUT2D eigenvalue weighted by molar-refractivity contribution is -0.260. The molecule has 5 aliphatic heterocycles. The number of amides is 2. The first-order valence-corrected chi connectivity index (χ1v) is 14.2. The topological polar surface area (TPSA) is 105 Å². The van der Waals surface area contributed by atoms with Gasteiger partial charge in [0.05, 0.1) is 45.3 Å². The number of carbonyl (C=O) groups excluding carboxylic acids is 2. The van der Waals surface area contributed by atoms with Gasteiger partial charge >= 0.3 is 6.09 Å². The van der Waals surface area contributed by atoms with E-state index in [-0.39, 0.29) is 30.7 Å². The maximum atomic E-state index is 14.3. The molecule has 0 N–H and O–H groups in total. The highest BCUT2D eigenvalue weighted by atomic mass is 35.6. The minimum absolute atomic E-state index is 0.117. The number of carbonyl (C=O) groups is 2. The van der Waals surface area contributed by atoms with E-state index < -0.39 is 52.2 Å². The lowest BCUT2D eigenvalue weighted by Crippen LogP contribution is -2.68. The number of piperidine rings is 1. The summed E-state index contributed by atoms with van der Waals surface area (Å²) in [6.07, 6.45) is -0.871. The van der Waals surface area contributed by atoms with Gasteiger partial charge < -0.3 is 33.3 Å². The molecule has 2 spiro atoms. The predicted octanol–water partition coefficient (Wildman–Crippen LogP) is 3.56. The average molecular weight is 622 g/mol. The van der Waals surface area contributed by atoms with Crippen molar-refractivity contribution in [2.24, 2.45) is 11.8 Å². The van der Waals surface area contributed by atoms with E-state index in [0.717, 1.165) is 5.56 Å². The molecule has 5 heterocycles. The van der Waals surface area contributed by atoms with Crippen LogP contribution in [0, 0.1) is 11.8 Å². The Hall–Kier alpha value is -1.57. The van der Waals surface area contributed by atoms with E-state index in [4.69, 9.17) is 68.1 Å². The summed E-state index contributed by atoms with van der Waals surface area (Å²) in [7, 11) is 4.50. The van der Waals surface area contributed by atoms with E-state index in [0.29, 0.717) is 24.5 Å². The van der Waals surface area contributed by atoms with Gasteiger partial charge in [0.25, 0.3) is 12.4 Å². The second-order valence-electron chi connectivity index (χ2n) is 10.9. The summed E-state index contributed by atoms with van der Waals surface area (Å²) in [6.45, 7) is 0.981. The largest absolute Gasteiger partial charge is 0.497 e. The fourth-order valence-corrected chi connectivity index (χ4v) is 7.67. The van der Waals surface area contributed by atoms with E-state index in [1.165, 1.54) is 19.3 Å². The Kier molecular flexibility index (Phi) is 7.15. The second kappa shape index (κ2) is 10.0. The molecule has 1 aromatic rings. The van der Waals surface area contributed by atoms with E-state index in [9.17, 15) is 9.59 Å². The van der Waals surface area contributed by atoms with Crippen LogP contribution in [0.3, 0.4) is 0 Å². The summed E-state index contributed by atoms with van der Waals surface area (Å²) >= 11 is 17.7. The van der Waals surface area contributed by atoms with Crippen LogP contribution in [-0.2, 0) is 38.7 Å². The molecule has 4 bridgehead atoms. The van der Waals surface area contributed by atoms with Crippen LogP contribution in [0.4, 0.5) is 10.5 Å². The minimum atomic E-state index is -1.79. The highest BCUT2D eigenvalue weighted by Crippen LogP contribution is 2.60. The molecule has 5 fully saturated rings. The van der Waals surface area contributed by atoms with Crippen LogP contribution in [-0.4, -0.2) is 92.1 Å². The van der Waals surface area contributed by atoms with Crippen LogP contribution in [0.15, 0.2) is 18.2 Å². The highest BCUT2D eigenvalue weighted by Gasteiger charge is 2.70. The van der Waals surface area contributed by atoms with Crippen molar-refractivity contribution >= 4 is 52.5 Å². The third kappa shape index (κ3) is 4.11. The molecule has 8 unspecified atom stereocenters. The van der Waals surface area contributed by atoms with Crippen LogP contribution in [0.25, 0.3) is 0 Å². The van der Waals surface area contributed by atoms with Crippen LogP contribution >= 0.6 is 34.8 Å². The van der Waals surface area contributed by atoms with Gasteiger partial charge in [0.1, 0.15) is 23.4 Å². The zero-order valence-corrected chi connectivity index (χ0v) is 24.7. The van der Waals surface area contributed by atoms with Gasteiger partial charge in [0.15, 0.2) is 0 Å². The Morgan fingerprint density at radius 1 is 1.23 bits per heavy atom. The molecule has 1 saturated carbocycles. The molecular weight excluding hydrogens is 591 g/mol. The fourth-order valence-electron chi connectivity index (χ4n) is 7.50. The third-order valence-electron chi connectivity index (χ3n) is 9.25. The quantitative estimate of drug-likeness (QED) is 0.467. The number of methoxy groups -OCH3 is 2. The number of likely N-dealkylation sites (tertiary alicyclic amines) is 1. The van der Waals surface area contributed by atoms with Crippen molar-refractivity contribution in [3.05, 3.63) is 23.8 Å². The Bertz CT molecular complexity index is 1200. The molecule has 0 aromatic heterocycles. The third-order valence-corrected chi connectivity index (χ3v) is 9.58. The summed E-state index contributed by atoms with van der Waals surface area (Å²) < 4.78 is 33.4. The molecule has 11 nitrogen and oxygen atoms in total. The number of hydroxylamine groups is 1. The molecule has 7 rings (SSSR count). The predicted molar refractivity (Wildman–Crippen MR) is 142 cm³/mol. The standard InChI is InChI=1S/C26H31Cl3N2O9/c1-13-25(40-23(35-3)39-13)11-30(22(33)38-12-26(27,28)29)19-9-24(20-8-17(25)15(19)10-37-20)16-6-5-14(34-2)7-18(16)31(36-4)21(24)32/h5-7,13,15,17,19-20,23H,8-12H2,1-4H3. The van der Waals surface area contributed by atoms with Crippen molar-refractivity contribution in [1.82, 2.24) is 4.90 Å². The number of rotatable bonds is 4. The molecule has 1 aromatic carbocycles. The number of benzene rings is 1. The van der Waals surface area contributed by atoms with Crippen molar-refractivity contribution in [2.45, 2.75) is 59.3 Å². The van der Waals surface area contributed by atoms with Gasteiger partial charge in [-0.1, -0.05) is 40.9 Å². The van der Waals surface area contributed by atoms with Gasteiger partial charge in [0, 0.05) is 31.1 Å². The Labute approximate surface area is 246 Å². The van der Waals surface area contributed by atoms with Crippen molar-refractivity contribution in [3.63, 3.8) is 0 Å². The molecule has 1 aliphatic carbocycles. The molecule has 14 heteroatoms. The summed E-state index contributed by atoms with van der Waals surface area (Å²) in [5, 5.41) is 1.28. The number of halogens is 3. The van der Waals surface area contributed by atoms with E-state index in [2.05, 4.69) is 0 Å². The molecule has 6 aliphatic rings. The maximum Gasteiger partial charge on any atom is 0.410 e. The van der Waals surface area contributed by atoms with Crippen LogP contribution in [0.5, 0.6) is 5.75 Å². The molecule has 2 amide bonds. The first-order chi connectivity index (χ1) is 19.0. The number of hydrogen-bond acceptors (Lipinski definition) is 9. The zero-order chi connectivity index (χ0) is 28.6. The average Bonchev–Trinajstić information content (AvgIpc) is 3.26. The first kappa shape index (κ1) is 28.5. The fraction of sp³-hybridized carbons (Fsp3) is 0.692. The van der Waals surface area contributed by atoms with Gasteiger partial charge in [-0.05, 0) is 31.4 Å². The van der Waals surface area contributed by atoms with Crippen molar-refractivity contribution in [1.29, 1.82) is 0 Å². The van der Waals surface area contributed by atoms with Crippen molar-refractivity contribution in [3.8, 4) is 5.75 Å². The van der Waals surface area contributed by atoms with Gasteiger partial charge in [-0.2, -0.15) is 5.06 Å². The highest BCUT2D eigenvalue weighted by molar-refractivity contribution is 6.67. The summed E-state index contributed by atoms with van der Waals surface area (Å²) in [5.41, 5.74) is -0.772. The molecule has 220 valence electrons. The van der Waals surface area contributed by atoms with E-state index in [1.807, 2.05) is 19.1 Å². The maximum absolute atomic E-state index is 14.3. The van der Waals surface area contributed by atoms with Crippen molar-refractivity contribution < 1.29 is 42.8 Å². The van der Waals surface area contributed by atoms with Gasteiger partial charge in [-0.15, -0.1) is 0 Å². The SMILES string of the molecule is COc1ccc2c(c1)N(OC)C(=O)C21CC2C3COC1CC3C1(CN2C(=O)OCC(Cl)(Cl)Cl)OC(OC)OC1C. The monoisotopic (exact) mass is 620 g/mol. The van der Waals surface area contributed by atoms with E-state index >= 15 is 0 Å². The van der Waals surface area contributed by atoms with Gasteiger partial charge in [0.2, 0.25) is 3.79 Å².